The summed E-state index contributed by atoms with van der Waals surface area (Å²) in [6.07, 6.45) is 2.25. The van der Waals surface area contributed by atoms with Crippen molar-refractivity contribution in [3.05, 3.63) is 77.7 Å². The highest BCUT2D eigenvalue weighted by atomic mass is 19.1. The van der Waals surface area contributed by atoms with Crippen LogP contribution in [0.2, 0.25) is 0 Å². The minimum Gasteiger partial charge on any atom is -0.444 e. The topological polar surface area (TPSA) is 62.5 Å². The molecule has 1 heterocycles. The summed E-state index contributed by atoms with van der Waals surface area (Å²) >= 11 is 0. The highest BCUT2D eigenvalue weighted by molar-refractivity contribution is 5.80. The van der Waals surface area contributed by atoms with Crippen molar-refractivity contribution in [2.45, 2.75) is 24.9 Å². The van der Waals surface area contributed by atoms with E-state index in [0.717, 1.165) is 11.3 Å². The number of nitrogens with one attached hydrogen (secondary N) is 2. The van der Waals surface area contributed by atoms with Gasteiger partial charge in [-0.05, 0) is 30.7 Å². The molecule has 0 spiro atoms. The molecule has 0 aliphatic heterocycles. The van der Waals surface area contributed by atoms with Gasteiger partial charge in [-0.15, -0.1) is 0 Å². The van der Waals surface area contributed by atoms with E-state index in [1.807, 2.05) is 30.3 Å². The van der Waals surface area contributed by atoms with Crippen LogP contribution in [-0.4, -0.2) is 24.0 Å². The fourth-order valence-electron chi connectivity index (χ4n) is 3.18. The highest BCUT2D eigenvalue weighted by Crippen LogP contribution is 2.43. The average Bonchev–Trinajstić information content (AvgIpc) is 3.28. The molecule has 1 aliphatic rings. The van der Waals surface area contributed by atoms with E-state index in [2.05, 4.69) is 20.6 Å². The summed E-state index contributed by atoms with van der Waals surface area (Å²) in [6, 6.07) is 13.5. The Labute approximate surface area is 161 Å². The molecule has 5 nitrogen and oxygen atoms in total. The first-order valence-corrected chi connectivity index (χ1v) is 9.06. The fraction of sp³-hybridized carbons (Fsp3) is 0.238. The molecule has 0 bridgehead atoms. The lowest BCUT2D eigenvalue weighted by molar-refractivity contribution is 0.553. The molecule has 144 valence electrons. The van der Waals surface area contributed by atoms with Crippen molar-refractivity contribution in [3.63, 3.8) is 0 Å². The van der Waals surface area contributed by atoms with Crippen LogP contribution < -0.4 is 10.6 Å². The number of nitrogens with zero attached hydrogens (tertiary/aromatic N) is 2. The maximum atomic E-state index is 13.9. The quantitative estimate of drug-likeness (QED) is 0.520. The molecule has 1 aliphatic carbocycles. The molecule has 7 heteroatoms. The molecule has 2 N–H and O–H groups in total. The van der Waals surface area contributed by atoms with Gasteiger partial charge in [0, 0.05) is 30.1 Å². The Bertz CT molecular complexity index is 967. The van der Waals surface area contributed by atoms with Crippen LogP contribution in [0, 0.1) is 11.6 Å². The van der Waals surface area contributed by atoms with Gasteiger partial charge in [-0.2, -0.15) is 0 Å². The fourth-order valence-corrected chi connectivity index (χ4v) is 3.18. The highest BCUT2D eigenvalue weighted by Gasteiger charge is 2.42. The molecule has 0 amide bonds. The first-order valence-electron chi connectivity index (χ1n) is 9.06. The summed E-state index contributed by atoms with van der Waals surface area (Å²) in [5.74, 6) is -0.107. The Balaban J connectivity index is 1.34. The van der Waals surface area contributed by atoms with Gasteiger partial charge >= 0.3 is 0 Å². The molecule has 0 saturated heterocycles. The zero-order valence-corrected chi connectivity index (χ0v) is 15.3. The van der Waals surface area contributed by atoms with Crippen LogP contribution in [0.1, 0.15) is 23.6 Å². The minimum atomic E-state index is -0.506. The Morgan fingerprint density at radius 3 is 2.61 bits per heavy atom. The lowest BCUT2D eigenvalue weighted by Gasteiger charge is -2.11. The molecule has 1 aromatic heterocycles. The van der Waals surface area contributed by atoms with E-state index in [0.29, 0.717) is 24.8 Å². The molecular formula is C21H20F2N4O. The zero-order chi connectivity index (χ0) is 19.5. The molecule has 1 saturated carbocycles. The lowest BCUT2D eigenvalue weighted by Crippen LogP contribution is -2.38. The Morgan fingerprint density at radius 1 is 1.14 bits per heavy atom. The third-order valence-electron chi connectivity index (χ3n) is 4.72. The monoisotopic (exact) mass is 382 g/mol. The molecule has 2 aromatic carbocycles. The molecule has 0 radical (unpaired) electrons. The van der Waals surface area contributed by atoms with E-state index in [1.54, 1.807) is 13.3 Å². The number of guanidine groups is 1. The minimum absolute atomic E-state index is 0.0604. The number of hydrogen-bond donors (Lipinski definition) is 2. The van der Waals surface area contributed by atoms with Gasteiger partial charge in [0.1, 0.15) is 17.9 Å². The molecule has 1 fully saturated rings. The van der Waals surface area contributed by atoms with Crippen LogP contribution in [0.15, 0.2) is 64.2 Å². The summed E-state index contributed by atoms with van der Waals surface area (Å²) in [6.45, 7) is 0.418. The Hall–Kier alpha value is -3.22. The number of aromatic nitrogens is 1. The zero-order valence-electron chi connectivity index (χ0n) is 15.3. The number of hydrogen-bond acceptors (Lipinski definition) is 3. The molecule has 28 heavy (non-hydrogen) atoms. The lowest BCUT2D eigenvalue weighted by atomic mass is 10.1. The van der Waals surface area contributed by atoms with Gasteiger partial charge in [0.2, 0.25) is 5.89 Å². The first-order chi connectivity index (χ1) is 13.7. The van der Waals surface area contributed by atoms with Gasteiger partial charge in [0.05, 0.1) is 12.2 Å². The number of oxazole rings is 1. The first kappa shape index (κ1) is 18.2. The third-order valence-corrected chi connectivity index (χ3v) is 4.72. The second kappa shape index (κ2) is 7.80. The predicted molar refractivity (Wildman–Crippen MR) is 103 cm³/mol. The van der Waals surface area contributed by atoms with Gasteiger partial charge in [-0.1, -0.05) is 24.3 Å². The average molecular weight is 382 g/mol. The Morgan fingerprint density at radius 2 is 1.89 bits per heavy atom. The van der Waals surface area contributed by atoms with Crippen molar-refractivity contribution in [3.8, 4) is 11.5 Å². The number of halogens is 2. The van der Waals surface area contributed by atoms with Crippen LogP contribution in [-0.2, 0) is 6.54 Å². The van der Waals surface area contributed by atoms with Crippen molar-refractivity contribution < 1.29 is 13.2 Å². The van der Waals surface area contributed by atoms with E-state index >= 15 is 0 Å². The summed E-state index contributed by atoms with van der Waals surface area (Å²) in [7, 11) is 1.65. The van der Waals surface area contributed by atoms with E-state index in [-0.39, 0.29) is 17.5 Å². The van der Waals surface area contributed by atoms with Crippen LogP contribution in [0.4, 0.5) is 8.78 Å². The normalized spacial score (nSPS) is 18.8. The van der Waals surface area contributed by atoms with E-state index < -0.39 is 11.6 Å². The van der Waals surface area contributed by atoms with E-state index in [1.165, 1.54) is 18.2 Å². The standard InChI is InChI=1S/C21H20F2N4O/c1-24-21(27-18-10-15(18)19-16(22)8-5-9-17(19)23)25-11-14-12-28-20(26-14)13-6-3-2-4-7-13/h2-9,12,15,18H,10-11H2,1H3,(H2,24,25,27). The second-order valence-corrected chi connectivity index (χ2v) is 6.66. The largest absolute Gasteiger partial charge is 0.444 e. The van der Waals surface area contributed by atoms with Crippen molar-refractivity contribution in [2.75, 3.05) is 7.05 Å². The molecular weight excluding hydrogens is 362 g/mol. The molecule has 2 unspecified atom stereocenters. The number of benzene rings is 2. The number of aliphatic imine (C=N–C) groups is 1. The van der Waals surface area contributed by atoms with Gasteiger partial charge in [0.15, 0.2) is 5.96 Å². The van der Waals surface area contributed by atoms with Gasteiger partial charge in [0.25, 0.3) is 0 Å². The third kappa shape index (κ3) is 3.88. The second-order valence-electron chi connectivity index (χ2n) is 6.66. The van der Waals surface area contributed by atoms with Crippen molar-refractivity contribution in [1.82, 2.24) is 15.6 Å². The maximum Gasteiger partial charge on any atom is 0.226 e. The summed E-state index contributed by atoms with van der Waals surface area (Å²) < 4.78 is 33.3. The summed E-state index contributed by atoms with van der Waals surface area (Å²) in [5.41, 5.74) is 1.78. The van der Waals surface area contributed by atoms with Crippen LogP contribution in [0.3, 0.4) is 0 Å². The Kier molecular flexibility index (Phi) is 5.06. The van der Waals surface area contributed by atoms with Gasteiger partial charge in [-0.25, -0.2) is 13.8 Å². The van der Waals surface area contributed by atoms with Gasteiger partial charge in [-0.3, -0.25) is 4.99 Å². The van der Waals surface area contributed by atoms with E-state index in [4.69, 9.17) is 4.42 Å². The smallest absolute Gasteiger partial charge is 0.226 e. The van der Waals surface area contributed by atoms with Crippen molar-refractivity contribution in [1.29, 1.82) is 0 Å². The molecule has 3 aromatic rings. The van der Waals surface area contributed by atoms with Crippen molar-refractivity contribution in [2.24, 2.45) is 4.99 Å². The molecule has 4 rings (SSSR count). The summed E-state index contributed by atoms with van der Waals surface area (Å²) in [4.78, 5) is 8.63. The predicted octanol–water partition coefficient (Wildman–Crippen LogP) is 3.84. The SMILES string of the molecule is CN=C(NCc1coc(-c2ccccc2)n1)NC1CC1c1c(F)cccc1F. The number of rotatable bonds is 5. The maximum absolute atomic E-state index is 13.9. The van der Waals surface area contributed by atoms with E-state index in [9.17, 15) is 8.78 Å². The van der Waals surface area contributed by atoms with Crippen LogP contribution in [0.5, 0.6) is 0 Å². The van der Waals surface area contributed by atoms with Crippen molar-refractivity contribution >= 4 is 5.96 Å². The molecule has 2 atom stereocenters. The van der Waals surface area contributed by atoms with Gasteiger partial charge < -0.3 is 15.1 Å². The van der Waals surface area contributed by atoms with Crippen LogP contribution in [0.25, 0.3) is 11.5 Å². The summed E-state index contributed by atoms with van der Waals surface area (Å²) in [5, 5.41) is 6.35. The van der Waals surface area contributed by atoms with Crippen LogP contribution >= 0.6 is 0 Å².